The molecule has 17 heavy (non-hydrogen) atoms. The Morgan fingerprint density at radius 3 is 2.76 bits per heavy atom. The Labute approximate surface area is 97.8 Å². The monoisotopic (exact) mass is 234 g/mol. The molecule has 0 N–H and O–H groups in total. The average Bonchev–Trinajstić information content (AvgIpc) is 2.85. The third-order valence-corrected chi connectivity index (χ3v) is 2.24. The first-order valence-corrected chi connectivity index (χ1v) is 5.15. The summed E-state index contributed by atoms with van der Waals surface area (Å²) in [5, 5.41) is 0. The lowest BCUT2D eigenvalue weighted by Gasteiger charge is -2.03. The molecule has 0 amide bonds. The molecule has 1 aromatic carbocycles. The van der Waals surface area contributed by atoms with E-state index in [0.29, 0.717) is 5.56 Å². The minimum Gasteiger partial charge on any atom is -0.461 e. The van der Waals surface area contributed by atoms with Gasteiger partial charge in [0, 0.05) is 5.56 Å². The zero-order valence-electron chi connectivity index (χ0n) is 9.06. The second-order valence-corrected chi connectivity index (χ2v) is 3.48. The molecule has 3 nitrogen and oxygen atoms in total. The van der Waals surface area contributed by atoms with Crippen LogP contribution in [0.15, 0.2) is 47.1 Å². The average molecular weight is 234 g/mol. The largest absolute Gasteiger partial charge is 0.461 e. The highest BCUT2D eigenvalue weighted by molar-refractivity contribution is 5.94. The molecule has 0 aliphatic heterocycles. The molecule has 1 aromatic heterocycles. The van der Waals surface area contributed by atoms with Crippen LogP contribution in [0, 0.1) is 5.82 Å². The summed E-state index contributed by atoms with van der Waals surface area (Å²) in [6.45, 7) is -0.0546. The molecule has 0 unspecified atom stereocenters. The smallest absolute Gasteiger partial charge is 0.223 e. The Kier molecular flexibility index (Phi) is 3.67. The van der Waals surface area contributed by atoms with Gasteiger partial charge in [-0.3, -0.25) is 4.79 Å². The van der Waals surface area contributed by atoms with Crippen molar-refractivity contribution in [2.24, 2.45) is 0 Å². The molecule has 0 radical (unpaired) electrons. The van der Waals surface area contributed by atoms with Crippen LogP contribution in [0.5, 0.6) is 0 Å². The summed E-state index contributed by atoms with van der Waals surface area (Å²) in [5.74, 6) is -0.345. The number of halogens is 1. The van der Waals surface area contributed by atoms with Crippen LogP contribution in [-0.4, -0.2) is 12.4 Å². The van der Waals surface area contributed by atoms with Crippen LogP contribution in [0.3, 0.4) is 0 Å². The van der Waals surface area contributed by atoms with Gasteiger partial charge in [0.25, 0.3) is 0 Å². The molecule has 0 bridgehead atoms. The number of Topliss-reactive ketones (excluding diaryl/α,β-unsaturated/α-hetero) is 1. The highest BCUT2D eigenvalue weighted by atomic mass is 19.1. The van der Waals surface area contributed by atoms with Crippen molar-refractivity contribution in [2.45, 2.75) is 6.61 Å². The summed E-state index contributed by atoms with van der Waals surface area (Å²) in [6.07, 6.45) is 1.42. The molecule has 0 spiro atoms. The Bertz CT molecular complexity index is 491. The molecule has 0 aliphatic carbocycles. The van der Waals surface area contributed by atoms with Gasteiger partial charge in [-0.2, -0.15) is 0 Å². The number of benzene rings is 1. The molecular weight excluding hydrogens is 223 g/mol. The summed E-state index contributed by atoms with van der Waals surface area (Å²) in [7, 11) is 0. The van der Waals surface area contributed by atoms with Crippen LogP contribution in [0.25, 0.3) is 0 Å². The van der Waals surface area contributed by atoms with E-state index in [1.807, 2.05) is 0 Å². The molecule has 0 aliphatic rings. The molecule has 0 fully saturated rings. The van der Waals surface area contributed by atoms with E-state index in [1.165, 1.54) is 12.3 Å². The maximum Gasteiger partial charge on any atom is 0.223 e. The van der Waals surface area contributed by atoms with Crippen LogP contribution in [-0.2, 0) is 11.3 Å². The van der Waals surface area contributed by atoms with E-state index in [9.17, 15) is 9.18 Å². The van der Waals surface area contributed by atoms with Gasteiger partial charge in [0.2, 0.25) is 5.78 Å². The fourth-order valence-corrected chi connectivity index (χ4v) is 1.38. The van der Waals surface area contributed by atoms with E-state index in [4.69, 9.17) is 9.15 Å². The lowest BCUT2D eigenvalue weighted by atomic mass is 10.2. The number of carbonyl (C=O) groups is 1. The van der Waals surface area contributed by atoms with Gasteiger partial charge in [0.1, 0.15) is 12.4 Å². The number of ether oxygens (including phenoxy) is 1. The van der Waals surface area contributed by atoms with Gasteiger partial charge >= 0.3 is 0 Å². The van der Waals surface area contributed by atoms with Crippen LogP contribution < -0.4 is 0 Å². The van der Waals surface area contributed by atoms with Crippen molar-refractivity contribution in [2.75, 3.05) is 6.61 Å². The maximum atomic E-state index is 13.2. The summed E-state index contributed by atoms with van der Waals surface area (Å²) >= 11 is 0. The molecule has 0 atom stereocenters. The minimum absolute atomic E-state index is 0.0686. The third-order valence-electron chi connectivity index (χ3n) is 2.24. The van der Waals surface area contributed by atoms with Crippen LogP contribution in [0.4, 0.5) is 4.39 Å². The molecule has 2 rings (SSSR count). The number of carbonyl (C=O) groups excluding carboxylic acids is 1. The molecule has 0 saturated heterocycles. The van der Waals surface area contributed by atoms with E-state index in [1.54, 1.807) is 30.3 Å². The lowest BCUT2D eigenvalue weighted by molar-refractivity contribution is 0.0695. The number of rotatable bonds is 5. The van der Waals surface area contributed by atoms with Gasteiger partial charge in [-0.1, -0.05) is 18.2 Å². The molecular formula is C13H11FO3. The quantitative estimate of drug-likeness (QED) is 0.747. The Balaban J connectivity index is 1.84. The molecule has 0 saturated carbocycles. The number of hydrogen-bond acceptors (Lipinski definition) is 3. The molecule has 88 valence electrons. The van der Waals surface area contributed by atoms with Gasteiger partial charge in [-0.15, -0.1) is 0 Å². The Morgan fingerprint density at radius 2 is 2.06 bits per heavy atom. The first kappa shape index (κ1) is 11.5. The predicted molar refractivity (Wildman–Crippen MR) is 59.1 cm³/mol. The Hall–Kier alpha value is -1.94. The van der Waals surface area contributed by atoms with E-state index >= 15 is 0 Å². The van der Waals surface area contributed by atoms with Gasteiger partial charge < -0.3 is 9.15 Å². The van der Waals surface area contributed by atoms with Crippen molar-refractivity contribution in [1.29, 1.82) is 0 Å². The van der Waals surface area contributed by atoms with Crippen molar-refractivity contribution in [3.8, 4) is 0 Å². The van der Waals surface area contributed by atoms with Gasteiger partial charge in [-0.25, -0.2) is 4.39 Å². The second kappa shape index (κ2) is 5.41. The van der Waals surface area contributed by atoms with Crippen molar-refractivity contribution in [3.63, 3.8) is 0 Å². The maximum absolute atomic E-state index is 13.2. The third kappa shape index (κ3) is 3.01. The minimum atomic E-state index is -0.335. The fraction of sp³-hybridized carbons (Fsp3) is 0.154. The van der Waals surface area contributed by atoms with Crippen molar-refractivity contribution in [1.82, 2.24) is 0 Å². The first-order chi connectivity index (χ1) is 8.27. The van der Waals surface area contributed by atoms with Crippen molar-refractivity contribution < 1.29 is 18.3 Å². The second-order valence-electron chi connectivity index (χ2n) is 3.48. The van der Waals surface area contributed by atoms with Crippen LogP contribution in [0.2, 0.25) is 0 Å². The normalized spacial score (nSPS) is 10.4. The van der Waals surface area contributed by atoms with Crippen LogP contribution >= 0.6 is 0 Å². The first-order valence-electron chi connectivity index (χ1n) is 5.15. The number of furan rings is 1. The highest BCUT2D eigenvalue weighted by Crippen LogP contribution is 2.08. The van der Waals surface area contributed by atoms with Crippen molar-refractivity contribution >= 4 is 5.78 Å². The summed E-state index contributed by atoms with van der Waals surface area (Å²) in [6, 6.07) is 9.49. The van der Waals surface area contributed by atoms with Gasteiger partial charge in [-0.05, 0) is 18.2 Å². The number of hydrogen-bond donors (Lipinski definition) is 0. The molecule has 1 heterocycles. The number of ketones is 1. The SMILES string of the molecule is O=C(COCc1ccccc1F)c1ccco1. The lowest BCUT2D eigenvalue weighted by Crippen LogP contribution is -2.08. The van der Waals surface area contributed by atoms with Gasteiger partial charge in [0.15, 0.2) is 5.76 Å². The fourth-order valence-electron chi connectivity index (χ4n) is 1.38. The summed E-state index contributed by atoms with van der Waals surface area (Å²) < 4.78 is 23.3. The Morgan fingerprint density at radius 1 is 1.24 bits per heavy atom. The standard InChI is InChI=1S/C13H11FO3/c14-11-5-2-1-4-10(11)8-16-9-12(15)13-6-3-7-17-13/h1-7H,8-9H2. The van der Waals surface area contributed by atoms with Gasteiger partial charge in [0.05, 0.1) is 12.9 Å². The topological polar surface area (TPSA) is 39.4 Å². The molecule has 4 heteroatoms. The zero-order chi connectivity index (χ0) is 12.1. The highest BCUT2D eigenvalue weighted by Gasteiger charge is 2.09. The zero-order valence-corrected chi connectivity index (χ0v) is 9.06. The van der Waals surface area contributed by atoms with E-state index in [-0.39, 0.29) is 30.6 Å². The summed E-state index contributed by atoms with van der Waals surface area (Å²) in [4.78, 5) is 11.5. The predicted octanol–water partition coefficient (Wildman–Crippen LogP) is 2.82. The molecule has 2 aromatic rings. The van der Waals surface area contributed by atoms with E-state index < -0.39 is 0 Å². The van der Waals surface area contributed by atoms with E-state index in [0.717, 1.165) is 0 Å². The van der Waals surface area contributed by atoms with Crippen molar-refractivity contribution in [3.05, 3.63) is 59.8 Å². The van der Waals surface area contributed by atoms with E-state index in [2.05, 4.69) is 0 Å². The van der Waals surface area contributed by atoms with Crippen LogP contribution in [0.1, 0.15) is 16.1 Å². The summed E-state index contributed by atoms with van der Waals surface area (Å²) in [5.41, 5.74) is 0.430.